The summed E-state index contributed by atoms with van der Waals surface area (Å²) in [5, 5.41) is 9.29. The molecule has 1 aliphatic heterocycles. The lowest BCUT2D eigenvalue weighted by atomic mass is 9.97. The number of hydrogen-bond acceptors (Lipinski definition) is 3. The number of benzene rings is 1. The summed E-state index contributed by atoms with van der Waals surface area (Å²) in [4.78, 5) is 12.7. The van der Waals surface area contributed by atoms with Crippen molar-refractivity contribution in [3.05, 3.63) is 29.3 Å². The molecule has 18 heavy (non-hydrogen) atoms. The molecule has 0 atom stereocenters. The highest BCUT2D eigenvalue weighted by atomic mass is 35.5. The molecule has 1 aromatic carbocycles. The molecular weight excluding hydrogens is 254 g/mol. The third kappa shape index (κ3) is 3.89. The van der Waals surface area contributed by atoms with Gasteiger partial charge in [0.1, 0.15) is 12.4 Å². The van der Waals surface area contributed by atoms with Crippen molar-refractivity contribution in [2.75, 3.05) is 26.2 Å². The zero-order valence-corrected chi connectivity index (χ0v) is 10.8. The number of ether oxygens (including phenoxy) is 1. The highest BCUT2D eigenvalue weighted by molar-refractivity contribution is 6.30. The monoisotopic (exact) mass is 269 g/mol. The first-order valence-electron chi connectivity index (χ1n) is 5.96. The molecule has 0 bridgehead atoms. The number of rotatable bonds is 6. The van der Waals surface area contributed by atoms with Gasteiger partial charge in [-0.25, -0.2) is 0 Å². The van der Waals surface area contributed by atoms with E-state index in [2.05, 4.69) is 4.90 Å². The van der Waals surface area contributed by atoms with E-state index in [0.29, 0.717) is 17.5 Å². The van der Waals surface area contributed by atoms with Crippen molar-refractivity contribution in [3.8, 4) is 5.75 Å². The third-order valence-corrected chi connectivity index (χ3v) is 3.20. The summed E-state index contributed by atoms with van der Waals surface area (Å²) in [5.41, 5.74) is 0. The van der Waals surface area contributed by atoms with Crippen molar-refractivity contribution in [2.24, 2.45) is 5.92 Å². The Balaban J connectivity index is 1.61. The van der Waals surface area contributed by atoms with E-state index in [1.807, 2.05) is 12.1 Å². The number of aliphatic carboxylic acids is 1. The van der Waals surface area contributed by atoms with Gasteiger partial charge in [0.15, 0.2) is 0 Å². The molecule has 98 valence electrons. The standard InChI is InChI=1S/C13H16ClNO3/c14-11-2-1-3-12(7-11)18-5-4-15-8-10(9-15)6-13(16)17/h1-3,7,10H,4-6,8-9H2,(H,16,17). The maximum Gasteiger partial charge on any atom is 0.303 e. The zero-order chi connectivity index (χ0) is 13.0. The van der Waals surface area contributed by atoms with Crippen LogP contribution in [-0.4, -0.2) is 42.2 Å². The molecule has 1 saturated heterocycles. The Morgan fingerprint density at radius 2 is 2.28 bits per heavy atom. The van der Waals surface area contributed by atoms with Gasteiger partial charge in [-0.2, -0.15) is 0 Å². The second-order valence-corrected chi connectivity index (χ2v) is 4.97. The minimum absolute atomic E-state index is 0.269. The predicted octanol–water partition coefficient (Wildman–Crippen LogP) is 2.13. The van der Waals surface area contributed by atoms with Gasteiger partial charge in [-0.05, 0) is 24.1 Å². The fraction of sp³-hybridized carbons (Fsp3) is 0.462. The van der Waals surface area contributed by atoms with Crippen LogP contribution in [-0.2, 0) is 4.79 Å². The summed E-state index contributed by atoms with van der Waals surface area (Å²) >= 11 is 5.85. The van der Waals surface area contributed by atoms with Crippen molar-refractivity contribution in [1.82, 2.24) is 4.90 Å². The number of carbonyl (C=O) groups is 1. The van der Waals surface area contributed by atoms with E-state index < -0.39 is 5.97 Å². The number of hydrogen-bond donors (Lipinski definition) is 1. The highest BCUT2D eigenvalue weighted by Gasteiger charge is 2.27. The first-order chi connectivity index (χ1) is 8.63. The van der Waals surface area contributed by atoms with Crippen LogP contribution in [0.5, 0.6) is 5.75 Å². The van der Waals surface area contributed by atoms with Crippen LogP contribution in [0.3, 0.4) is 0 Å². The van der Waals surface area contributed by atoms with Crippen LogP contribution in [0.2, 0.25) is 5.02 Å². The number of halogens is 1. The van der Waals surface area contributed by atoms with Gasteiger partial charge in [-0.1, -0.05) is 17.7 Å². The second kappa shape index (κ2) is 6.07. The van der Waals surface area contributed by atoms with Gasteiger partial charge in [-0.15, -0.1) is 0 Å². The van der Waals surface area contributed by atoms with E-state index in [9.17, 15) is 4.79 Å². The maximum atomic E-state index is 10.5. The normalized spacial score (nSPS) is 16.3. The Bertz CT molecular complexity index is 418. The van der Waals surface area contributed by atoms with E-state index in [4.69, 9.17) is 21.4 Å². The van der Waals surface area contributed by atoms with Crippen LogP contribution in [0.15, 0.2) is 24.3 Å². The smallest absolute Gasteiger partial charge is 0.303 e. The number of carboxylic acids is 1. The van der Waals surface area contributed by atoms with Crippen molar-refractivity contribution in [1.29, 1.82) is 0 Å². The lowest BCUT2D eigenvalue weighted by Gasteiger charge is -2.38. The largest absolute Gasteiger partial charge is 0.492 e. The number of nitrogens with zero attached hydrogens (tertiary/aromatic N) is 1. The van der Waals surface area contributed by atoms with Gasteiger partial charge in [-0.3, -0.25) is 9.69 Å². The van der Waals surface area contributed by atoms with E-state index in [-0.39, 0.29) is 6.42 Å². The summed E-state index contributed by atoms with van der Waals surface area (Å²) in [6.07, 6.45) is 0.269. The van der Waals surface area contributed by atoms with Crippen LogP contribution < -0.4 is 4.74 Å². The SMILES string of the molecule is O=C(O)CC1CN(CCOc2cccc(Cl)c2)C1. The Morgan fingerprint density at radius 1 is 1.50 bits per heavy atom. The van der Waals surface area contributed by atoms with Crippen molar-refractivity contribution in [3.63, 3.8) is 0 Å². The van der Waals surface area contributed by atoms with Gasteiger partial charge in [0, 0.05) is 24.7 Å². The van der Waals surface area contributed by atoms with Crippen LogP contribution in [0.4, 0.5) is 0 Å². The molecule has 0 unspecified atom stereocenters. The summed E-state index contributed by atoms with van der Waals surface area (Å²) in [5.74, 6) is 0.355. The molecule has 2 rings (SSSR count). The molecule has 1 aromatic rings. The lowest BCUT2D eigenvalue weighted by Crippen LogP contribution is -2.48. The molecule has 5 heteroatoms. The number of carboxylic acid groups (broad SMARTS) is 1. The topological polar surface area (TPSA) is 49.8 Å². The van der Waals surface area contributed by atoms with Gasteiger partial charge < -0.3 is 9.84 Å². The third-order valence-electron chi connectivity index (χ3n) is 2.97. The molecule has 1 N–H and O–H groups in total. The van der Waals surface area contributed by atoms with Gasteiger partial charge in [0.2, 0.25) is 0 Å². The second-order valence-electron chi connectivity index (χ2n) is 4.53. The molecule has 0 aliphatic carbocycles. The molecule has 1 aliphatic rings. The Hall–Kier alpha value is -1.26. The molecule has 0 amide bonds. The summed E-state index contributed by atoms with van der Waals surface area (Å²) in [7, 11) is 0. The molecular formula is C13H16ClNO3. The highest BCUT2D eigenvalue weighted by Crippen LogP contribution is 2.19. The van der Waals surface area contributed by atoms with Crippen molar-refractivity contribution < 1.29 is 14.6 Å². The fourth-order valence-corrected chi connectivity index (χ4v) is 2.27. The van der Waals surface area contributed by atoms with Crippen molar-refractivity contribution in [2.45, 2.75) is 6.42 Å². The molecule has 4 nitrogen and oxygen atoms in total. The van der Waals surface area contributed by atoms with Crippen LogP contribution >= 0.6 is 11.6 Å². The summed E-state index contributed by atoms with van der Waals surface area (Å²) < 4.78 is 5.57. The quantitative estimate of drug-likeness (QED) is 0.860. The lowest BCUT2D eigenvalue weighted by molar-refractivity contribution is -0.139. The van der Waals surface area contributed by atoms with Gasteiger partial charge >= 0.3 is 5.97 Å². The average Bonchev–Trinajstić information content (AvgIpc) is 2.25. The van der Waals surface area contributed by atoms with Crippen LogP contribution in [0.25, 0.3) is 0 Å². The van der Waals surface area contributed by atoms with E-state index >= 15 is 0 Å². The van der Waals surface area contributed by atoms with Gasteiger partial charge in [0.05, 0.1) is 6.42 Å². The number of likely N-dealkylation sites (tertiary alicyclic amines) is 1. The summed E-state index contributed by atoms with van der Waals surface area (Å²) in [6.45, 7) is 3.12. The molecule has 0 saturated carbocycles. The fourth-order valence-electron chi connectivity index (χ4n) is 2.08. The molecule has 0 spiro atoms. The molecule has 0 aromatic heterocycles. The van der Waals surface area contributed by atoms with E-state index in [0.717, 1.165) is 25.4 Å². The zero-order valence-electron chi connectivity index (χ0n) is 10.0. The van der Waals surface area contributed by atoms with E-state index in [1.54, 1.807) is 12.1 Å². The molecule has 1 fully saturated rings. The van der Waals surface area contributed by atoms with Crippen LogP contribution in [0, 0.1) is 5.92 Å². The Labute approximate surface area is 111 Å². The van der Waals surface area contributed by atoms with Crippen LogP contribution in [0.1, 0.15) is 6.42 Å². The average molecular weight is 270 g/mol. The first kappa shape index (κ1) is 13.2. The summed E-state index contributed by atoms with van der Waals surface area (Å²) in [6, 6.07) is 7.31. The maximum absolute atomic E-state index is 10.5. The minimum atomic E-state index is -0.713. The van der Waals surface area contributed by atoms with Crippen molar-refractivity contribution >= 4 is 17.6 Å². The van der Waals surface area contributed by atoms with Gasteiger partial charge in [0.25, 0.3) is 0 Å². The predicted molar refractivity (Wildman–Crippen MR) is 69.1 cm³/mol. The Kier molecular flexibility index (Phi) is 4.44. The van der Waals surface area contributed by atoms with E-state index in [1.165, 1.54) is 0 Å². The molecule has 0 radical (unpaired) electrons. The Morgan fingerprint density at radius 3 is 2.94 bits per heavy atom. The minimum Gasteiger partial charge on any atom is -0.492 e. The first-order valence-corrected chi connectivity index (χ1v) is 6.34. The molecule has 1 heterocycles.